The van der Waals surface area contributed by atoms with Gasteiger partial charge in [-0.2, -0.15) is 11.3 Å². The van der Waals surface area contributed by atoms with Gasteiger partial charge in [-0.15, -0.1) is 0 Å². The zero-order valence-corrected chi connectivity index (χ0v) is 10.4. The predicted octanol–water partition coefficient (Wildman–Crippen LogP) is 2.39. The first-order valence-corrected chi connectivity index (χ1v) is 6.50. The quantitative estimate of drug-likeness (QED) is 0.854. The SMILES string of the molecule is CCC(CO)Nc1nccc(-c2ccsc2)n1. The first-order chi connectivity index (χ1) is 8.33. The van der Waals surface area contributed by atoms with Crippen molar-refractivity contribution in [3.8, 4) is 11.3 Å². The highest BCUT2D eigenvalue weighted by atomic mass is 32.1. The lowest BCUT2D eigenvalue weighted by molar-refractivity contribution is 0.271. The van der Waals surface area contributed by atoms with Crippen LogP contribution >= 0.6 is 11.3 Å². The summed E-state index contributed by atoms with van der Waals surface area (Å²) in [4.78, 5) is 8.58. The van der Waals surface area contributed by atoms with E-state index in [0.717, 1.165) is 17.7 Å². The summed E-state index contributed by atoms with van der Waals surface area (Å²) in [5, 5.41) is 16.3. The lowest BCUT2D eigenvalue weighted by Crippen LogP contribution is -2.23. The minimum atomic E-state index is 0.00715. The zero-order valence-electron chi connectivity index (χ0n) is 9.63. The number of aromatic nitrogens is 2. The number of thiophene rings is 1. The fourth-order valence-corrected chi connectivity index (χ4v) is 2.11. The Labute approximate surface area is 104 Å². The van der Waals surface area contributed by atoms with E-state index in [4.69, 9.17) is 5.11 Å². The molecule has 2 aromatic rings. The van der Waals surface area contributed by atoms with Gasteiger partial charge < -0.3 is 10.4 Å². The van der Waals surface area contributed by atoms with Crippen LogP contribution < -0.4 is 5.32 Å². The molecule has 90 valence electrons. The van der Waals surface area contributed by atoms with Crippen molar-refractivity contribution in [3.63, 3.8) is 0 Å². The molecular weight excluding hydrogens is 234 g/mol. The fraction of sp³-hybridized carbons (Fsp3) is 0.333. The molecule has 0 saturated carbocycles. The normalized spacial score (nSPS) is 12.4. The molecular formula is C12H15N3OS. The highest BCUT2D eigenvalue weighted by molar-refractivity contribution is 7.08. The average molecular weight is 249 g/mol. The van der Waals surface area contributed by atoms with Crippen LogP contribution in [0.2, 0.25) is 0 Å². The van der Waals surface area contributed by atoms with Crippen LogP contribution in [0.4, 0.5) is 5.95 Å². The minimum absolute atomic E-state index is 0.00715. The molecule has 0 amide bonds. The number of rotatable bonds is 5. The molecule has 0 aliphatic carbocycles. The molecule has 0 bridgehead atoms. The number of aliphatic hydroxyl groups is 1. The zero-order chi connectivity index (χ0) is 12.1. The summed E-state index contributed by atoms with van der Waals surface area (Å²) in [6.45, 7) is 2.10. The van der Waals surface area contributed by atoms with Gasteiger partial charge in [0.25, 0.3) is 0 Å². The van der Waals surface area contributed by atoms with Gasteiger partial charge >= 0.3 is 0 Å². The molecule has 0 radical (unpaired) electrons. The highest BCUT2D eigenvalue weighted by Crippen LogP contribution is 2.20. The number of anilines is 1. The summed E-state index contributed by atoms with van der Waals surface area (Å²) in [6.07, 6.45) is 2.56. The van der Waals surface area contributed by atoms with Crippen molar-refractivity contribution >= 4 is 17.3 Å². The smallest absolute Gasteiger partial charge is 0.223 e. The van der Waals surface area contributed by atoms with Gasteiger partial charge in [0.2, 0.25) is 5.95 Å². The van der Waals surface area contributed by atoms with Crippen LogP contribution in [0.25, 0.3) is 11.3 Å². The Balaban J connectivity index is 2.17. The van der Waals surface area contributed by atoms with Crippen LogP contribution in [-0.4, -0.2) is 27.7 Å². The van der Waals surface area contributed by atoms with Crippen molar-refractivity contribution in [1.29, 1.82) is 0 Å². The molecule has 2 N–H and O–H groups in total. The van der Waals surface area contributed by atoms with E-state index in [-0.39, 0.29) is 12.6 Å². The topological polar surface area (TPSA) is 58.0 Å². The van der Waals surface area contributed by atoms with Crippen LogP contribution in [0.5, 0.6) is 0 Å². The molecule has 0 saturated heterocycles. The third kappa shape index (κ3) is 3.01. The number of hydrogen-bond acceptors (Lipinski definition) is 5. The van der Waals surface area contributed by atoms with Gasteiger partial charge in [-0.25, -0.2) is 9.97 Å². The first kappa shape index (κ1) is 12.0. The first-order valence-electron chi connectivity index (χ1n) is 5.56. The summed E-state index contributed by atoms with van der Waals surface area (Å²) in [7, 11) is 0. The van der Waals surface area contributed by atoms with Crippen molar-refractivity contribution in [3.05, 3.63) is 29.1 Å². The van der Waals surface area contributed by atoms with E-state index in [9.17, 15) is 0 Å². The van der Waals surface area contributed by atoms with Gasteiger partial charge in [-0.3, -0.25) is 0 Å². The van der Waals surface area contributed by atoms with Gasteiger partial charge in [0.1, 0.15) is 0 Å². The maximum Gasteiger partial charge on any atom is 0.223 e. The molecule has 0 aliphatic rings. The molecule has 0 spiro atoms. The largest absolute Gasteiger partial charge is 0.394 e. The Morgan fingerprint density at radius 2 is 2.35 bits per heavy atom. The molecule has 17 heavy (non-hydrogen) atoms. The summed E-state index contributed by atoms with van der Waals surface area (Å²) < 4.78 is 0. The number of nitrogens with zero attached hydrogens (tertiary/aromatic N) is 2. The van der Waals surface area contributed by atoms with E-state index in [1.54, 1.807) is 17.5 Å². The molecule has 2 rings (SSSR count). The summed E-state index contributed by atoms with van der Waals surface area (Å²) in [5.74, 6) is 0.564. The van der Waals surface area contributed by atoms with Crippen molar-refractivity contribution in [1.82, 2.24) is 9.97 Å². The van der Waals surface area contributed by atoms with Gasteiger partial charge in [-0.1, -0.05) is 6.92 Å². The molecule has 1 unspecified atom stereocenters. The maximum atomic E-state index is 9.12. The molecule has 0 fully saturated rings. The number of hydrogen-bond donors (Lipinski definition) is 2. The third-order valence-corrected chi connectivity index (χ3v) is 3.20. The van der Waals surface area contributed by atoms with Gasteiger partial charge in [-0.05, 0) is 23.9 Å². The minimum Gasteiger partial charge on any atom is -0.394 e. The predicted molar refractivity (Wildman–Crippen MR) is 70.1 cm³/mol. The maximum absolute atomic E-state index is 9.12. The number of aliphatic hydroxyl groups excluding tert-OH is 1. The van der Waals surface area contributed by atoms with Gasteiger partial charge in [0.05, 0.1) is 18.3 Å². The van der Waals surface area contributed by atoms with E-state index in [2.05, 4.69) is 20.7 Å². The third-order valence-electron chi connectivity index (χ3n) is 2.52. The van der Waals surface area contributed by atoms with Crippen molar-refractivity contribution in [2.75, 3.05) is 11.9 Å². The van der Waals surface area contributed by atoms with Gasteiger partial charge in [0, 0.05) is 17.1 Å². The molecule has 5 heteroatoms. The Morgan fingerprint density at radius 1 is 1.47 bits per heavy atom. The molecule has 2 aromatic heterocycles. The summed E-state index contributed by atoms with van der Waals surface area (Å²) >= 11 is 1.64. The van der Waals surface area contributed by atoms with E-state index in [0.29, 0.717) is 5.95 Å². The Hall–Kier alpha value is -1.46. The molecule has 1 atom stereocenters. The number of nitrogens with one attached hydrogen (secondary N) is 1. The highest BCUT2D eigenvalue weighted by Gasteiger charge is 2.07. The standard InChI is InChI=1S/C12H15N3OS/c1-2-10(7-16)14-12-13-5-3-11(15-12)9-4-6-17-8-9/h3-6,8,10,16H,2,7H2,1H3,(H,13,14,15). The summed E-state index contributed by atoms with van der Waals surface area (Å²) in [6, 6.07) is 3.92. The second-order valence-corrected chi connectivity index (χ2v) is 4.49. The van der Waals surface area contributed by atoms with Crippen LogP contribution in [0.3, 0.4) is 0 Å². The monoisotopic (exact) mass is 249 g/mol. The van der Waals surface area contributed by atoms with Crippen LogP contribution in [0, 0.1) is 0 Å². The lowest BCUT2D eigenvalue weighted by Gasteiger charge is -2.13. The fourth-order valence-electron chi connectivity index (χ4n) is 1.46. The molecule has 0 aromatic carbocycles. The van der Waals surface area contributed by atoms with E-state index < -0.39 is 0 Å². The van der Waals surface area contributed by atoms with E-state index in [1.807, 2.05) is 24.4 Å². The van der Waals surface area contributed by atoms with Crippen LogP contribution in [0.1, 0.15) is 13.3 Å². The lowest BCUT2D eigenvalue weighted by atomic mass is 10.2. The molecule has 4 nitrogen and oxygen atoms in total. The van der Waals surface area contributed by atoms with Crippen LogP contribution in [0.15, 0.2) is 29.1 Å². The van der Waals surface area contributed by atoms with Crippen molar-refractivity contribution in [2.45, 2.75) is 19.4 Å². The van der Waals surface area contributed by atoms with E-state index in [1.165, 1.54) is 0 Å². The summed E-state index contributed by atoms with van der Waals surface area (Å²) in [5.41, 5.74) is 1.99. The van der Waals surface area contributed by atoms with Crippen LogP contribution in [-0.2, 0) is 0 Å². The molecule has 2 heterocycles. The Morgan fingerprint density at radius 3 is 3.00 bits per heavy atom. The average Bonchev–Trinajstić information content (AvgIpc) is 2.90. The second kappa shape index (κ2) is 5.75. The Kier molecular flexibility index (Phi) is 4.06. The van der Waals surface area contributed by atoms with Gasteiger partial charge in [0.15, 0.2) is 0 Å². The van der Waals surface area contributed by atoms with Crippen molar-refractivity contribution < 1.29 is 5.11 Å². The second-order valence-electron chi connectivity index (χ2n) is 3.71. The van der Waals surface area contributed by atoms with E-state index >= 15 is 0 Å². The Bertz CT molecular complexity index is 455. The molecule has 0 aliphatic heterocycles. The van der Waals surface area contributed by atoms with Crippen molar-refractivity contribution in [2.24, 2.45) is 0 Å².